The van der Waals surface area contributed by atoms with E-state index in [-0.39, 0.29) is 16.8 Å². The summed E-state index contributed by atoms with van der Waals surface area (Å²) in [6, 6.07) is 37.1. The van der Waals surface area contributed by atoms with Gasteiger partial charge in [0.05, 0.1) is 0 Å². The van der Waals surface area contributed by atoms with E-state index in [2.05, 4.69) is 160 Å². The average molecular weight is 604 g/mol. The van der Waals surface area contributed by atoms with Gasteiger partial charge in [0.2, 0.25) is 0 Å². The molecule has 0 heterocycles. The van der Waals surface area contributed by atoms with Crippen LogP contribution in [-0.4, -0.2) is 5.97 Å². The van der Waals surface area contributed by atoms with Crippen LogP contribution in [0.1, 0.15) is 65.2 Å². The van der Waals surface area contributed by atoms with Gasteiger partial charge in [-0.1, -0.05) is 0 Å². The number of esters is 1. The monoisotopic (exact) mass is 602 g/mol. The predicted octanol–water partition coefficient (Wildman–Crippen LogP) is 8.55. The summed E-state index contributed by atoms with van der Waals surface area (Å²) < 4.78 is 5.95. The van der Waals surface area contributed by atoms with Crippen LogP contribution in [-0.2, 0) is 21.8 Å². The van der Waals surface area contributed by atoms with E-state index in [1.165, 1.54) is 28.4 Å². The van der Waals surface area contributed by atoms with Crippen LogP contribution < -0.4 is 20.7 Å². The quantitative estimate of drug-likeness (QED) is 0.125. The van der Waals surface area contributed by atoms with Gasteiger partial charge < -0.3 is 0 Å². The molecule has 0 atom stereocenters. The summed E-state index contributed by atoms with van der Waals surface area (Å²) in [7, 11) is 0. The molecule has 0 fully saturated rings. The van der Waals surface area contributed by atoms with Gasteiger partial charge in [0, 0.05) is 0 Å². The normalized spacial score (nSPS) is 13.4. The third kappa shape index (κ3) is 5.63. The fourth-order valence-electron chi connectivity index (χ4n) is 5.43. The number of carbonyl (C=O) groups is 1. The first-order valence-corrected chi connectivity index (χ1v) is 17.9. The van der Waals surface area contributed by atoms with Crippen LogP contribution in [0.3, 0.4) is 0 Å². The number of halogens is 1. The van der Waals surface area contributed by atoms with Crippen molar-refractivity contribution in [2.45, 2.75) is 65.5 Å². The summed E-state index contributed by atoms with van der Waals surface area (Å²) in [5.41, 5.74) is 2.86. The Balaban J connectivity index is 2.13. The second-order valence-corrected chi connectivity index (χ2v) is 21.4. The molecule has 0 saturated carbocycles. The van der Waals surface area contributed by atoms with E-state index in [4.69, 9.17) is 4.74 Å². The number of carbonyl (C=O) groups excluding carboxylic acids is 1. The standard InChI is InChI=1S/C35H40BrO2P/c1-26(37)38-33-31(34(2,3)4)23-27(24-32(33)35(5,6)7)25-39(36,28-17-11-8-12-18-28,29-19-13-9-14-20-29)30-21-15-10-16-22-30/h8-24H,25H2,1-7H3. The minimum absolute atomic E-state index is 0.226. The number of ether oxygens (including phenoxy) is 1. The SMILES string of the molecule is CC(=O)Oc1c(C(C)(C)C)cc(CP(Br)(c2ccccc2)(c2ccccc2)c2ccccc2)cc1C(C)(C)C. The Kier molecular flexibility index (Phi) is 8.01. The molecule has 4 rings (SSSR count). The summed E-state index contributed by atoms with van der Waals surface area (Å²) in [6.07, 6.45) is 0.774. The molecule has 2 nitrogen and oxygen atoms in total. The number of hydrogen-bond donors (Lipinski definition) is 0. The van der Waals surface area contributed by atoms with E-state index in [0.29, 0.717) is 5.75 Å². The second-order valence-electron chi connectivity index (χ2n) is 12.5. The first-order valence-electron chi connectivity index (χ1n) is 13.5. The maximum absolute atomic E-state index is 12.3. The van der Waals surface area contributed by atoms with E-state index in [1.807, 2.05) is 0 Å². The van der Waals surface area contributed by atoms with Crippen LogP contribution in [0, 0.1) is 0 Å². The van der Waals surface area contributed by atoms with Crippen LogP contribution >= 0.6 is 20.8 Å². The van der Waals surface area contributed by atoms with Crippen LogP contribution in [0.25, 0.3) is 0 Å². The summed E-state index contributed by atoms with van der Waals surface area (Å²) in [5.74, 6) is 0.400. The Morgan fingerprint density at radius 3 is 1.28 bits per heavy atom. The van der Waals surface area contributed by atoms with Crippen LogP contribution in [0.2, 0.25) is 0 Å². The Bertz CT molecular complexity index is 1320. The Morgan fingerprint density at radius 1 is 0.667 bits per heavy atom. The predicted molar refractivity (Wildman–Crippen MR) is 173 cm³/mol. The fourth-order valence-corrected chi connectivity index (χ4v) is 13.1. The van der Waals surface area contributed by atoms with Crippen LogP contribution in [0.15, 0.2) is 103 Å². The van der Waals surface area contributed by atoms with Gasteiger partial charge in [-0.05, 0) is 0 Å². The molecule has 4 heteroatoms. The molecule has 0 unspecified atom stereocenters. The second kappa shape index (κ2) is 10.7. The van der Waals surface area contributed by atoms with Crippen molar-refractivity contribution in [2.24, 2.45) is 0 Å². The van der Waals surface area contributed by atoms with E-state index in [9.17, 15) is 4.79 Å². The Labute approximate surface area is 242 Å². The molecule has 0 aliphatic carbocycles. The van der Waals surface area contributed by atoms with Gasteiger partial charge in [0.25, 0.3) is 0 Å². The van der Waals surface area contributed by atoms with Crippen molar-refractivity contribution in [3.05, 3.63) is 120 Å². The molecule has 0 aromatic heterocycles. The van der Waals surface area contributed by atoms with Crippen LogP contribution in [0.5, 0.6) is 5.75 Å². The first kappa shape index (κ1) is 29.2. The molecular weight excluding hydrogens is 563 g/mol. The van der Waals surface area contributed by atoms with Gasteiger partial charge in [-0.3, -0.25) is 0 Å². The molecule has 0 aliphatic rings. The molecule has 39 heavy (non-hydrogen) atoms. The van der Waals surface area contributed by atoms with Gasteiger partial charge in [0.1, 0.15) is 0 Å². The van der Waals surface area contributed by atoms with Crippen LogP contribution in [0.4, 0.5) is 0 Å². The van der Waals surface area contributed by atoms with Crippen molar-refractivity contribution in [2.75, 3.05) is 0 Å². The fraction of sp³-hybridized carbons (Fsp3) is 0.286. The van der Waals surface area contributed by atoms with Gasteiger partial charge in [-0.2, -0.15) is 0 Å². The van der Waals surface area contributed by atoms with Crippen molar-refractivity contribution in [3.63, 3.8) is 0 Å². The van der Waals surface area contributed by atoms with Gasteiger partial charge in [0.15, 0.2) is 0 Å². The van der Waals surface area contributed by atoms with E-state index in [0.717, 1.165) is 17.3 Å². The zero-order valence-corrected chi connectivity index (χ0v) is 26.6. The number of rotatable bonds is 6. The summed E-state index contributed by atoms with van der Waals surface area (Å²) in [5, 5.41) is 0.633. The van der Waals surface area contributed by atoms with Gasteiger partial charge in [-0.15, -0.1) is 0 Å². The molecule has 0 radical (unpaired) electrons. The molecule has 0 bridgehead atoms. The Hall–Kier alpha value is -2.74. The summed E-state index contributed by atoms with van der Waals surface area (Å²) >= 11 is 4.61. The van der Waals surface area contributed by atoms with Crippen molar-refractivity contribution >= 4 is 42.7 Å². The van der Waals surface area contributed by atoms with Crippen molar-refractivity contribution < 1.29 is 9.53 Å². The average Bonchev–Trinajstić information content (AvgIpc) is 2.89. The third-order valence-electron chi connectivity index (χ3n) is 7.37. The van der Waals surface area contributed by atoms with Gasteiger partial charge >= 0.3 is 243 Å². The topological polar surface area (TPSA) is 26.3 Å². The van der Waals surface area contributed by atoms with E-state index < -0.39 is 5.31 Å². The van der Waals surface area contributed by atoms with Crippen molar-refractivity contribution in [1.82, 2.24) is 0 Å². The molecule has 204 valence electrons. The van der Waals surface area contributed by atoms with E-state index >= 15 is 0 Å². The maximum atomic E-state index is 12.3. The molecule has 4 aromatic carbocycles. The van der Waals surface area contributed by atoms with E-state index in [1.54, 1.807) is 0 Å². The van der Waals surface area contributed by atoms with Gasteiger partial charge in [-0.25, -0.2) is 0 Å². The molecular formula is C35H40BrO2P. The molecule has 0 amide bonds. The zero-order chi connectivity index (χ0) is 28.5. The number of benzene rings is 4. The third-order valence-corrected chi connectivity index (χ3v) is 16.9. The molecule has 4 aromatic rings. The Morgan fingerprint density at radius 2 is 1.00 bits per heavy atom. The number of hydrogen-bond acceptors (Lipinski definition) is 2. The molecule has 0 saturated heterocycles. The zero-order valence-electron chi connectivity index (χ0n) is 24.2. The first-order chi connectivity index (χ1) is 18.2. The molecule has 0 spiro atoms. The molecule has 0 aliphatic heterocycles. The summed E-state index contributed by atoms with van der Waals surface area (Å²) in [6.45, 7) is 14.6. The molecule has 0 N–H and O–H groups in total. The van der Waals surface area contributed by atoms with Crippen molar-refractivity contribution in [1.29, 1.82) is 0 Å². The van der Waals surface area contributed by atoms with Crippen molar-refractivity contribution in [3.8, 4) is 5.75 Å². The summed E-state index contributed by atoms with van der Waals surface area (Å²) in [4.78, 5) is 12.3. The minimum atomic E-state index is -3.20.